The van der Waals surface area contributed by atoms with Crippen LogP contribution in [0.15, 0.2) is 23.1 Å². The summed E-state index contributed by atoms with van der Waals surface area (Å²) in [5, 5.41) is 5.09. The first-order valence-corrected chi connectivity index (χ1v) is 8.37. The summed E-state index contributed by atoms with van der Waals surface area (Å²) >= 11 is 0. The number of amides is 1. The molecular weight excluding hydrogens is 276 g/mol. The third-order valence-electron chi connectivity index (χ3n) is 3.65. The van der Waals surface area contributed by atoms with Crippen LogP contribution in [0.5, 0.6) is 0 Å². The number of benzene rings is 1. The van der Waals surface area contributed by atoms with Gasteiger partial charge in [-0.05, 0) is 43.5 Å². The highest BCUT2D eigenvalue weighted by Crippen LogP contribution is 2.18. The van der Waals surface area contributed by atoms with Crippen molar-refractivity contribution in [2.75, 3.05) is 13.1 Å². The number of nitrogens with two attached hydrogens (primary N) is 1. The Hall–Kier alpha value is -1.40. The van der Waals surface area contributed by atoms with Crippen molar-refractivity contribution >= 4 is 15.9 Å². The Morgan fingerprint density at radius 2 is 1.75 bits per heavy atom. The molecule has 2 rings (SSSR count). The lowest BCUT2D eigenvalue weighted by Crippen LogP contribution is -2.32. The average molecular weight is 296 g/mol. The van der Waals surface area contributed by atoms with Crippen molar-refractivity contribution in [1.29, 1.82) is 0 Å². The summed E-state index contributed by atoms with van der Waals surface area (Å²) < 4.78 is 22.6. The van der Waals surface area contributed by atoms with E-state index in [1.807, 2.05) is 4.90 Å². The molecule has 0 radical (unpaired) electrons. The molecule has 2 N–H and O–H groups in total. The minimum atomic E-state index is -3.72. The first kappa shape index (κ1) is 15.0. The maximum atomic E-state index is 12.5. The molecule has 0 unspecified atom stereocenters. The highest BCUT2D eigenvalue weighted by atomic mass is 32.2. The number of aryl methyl sites for hydroxylation is 1. The molecule has 6 heteroatoms. The van der Waals surface area contributed by atoms with Crippen molar-refractivity contribution in [1.82, 2.24) is 4.90 Å². The fourth-order valence-corrected chi connectivity index (χ4v) is 3.10. The Morgan fingerprint density at radius 1 is 1.15 bits per heavy atom. The molecule has 1 aromatic rings. The van der Waals surface area contributed by atoms with Crippen LogP contribution in [0.4, 0.5) is 0 Å². The number of nitrogens with zero attached hydrogens (tertiary/aromatic N) is 1. The number of carbonyl (C=O) groups excluding carboxylic acids is 1. The first-order chi connectivity index (χ1) is 9.39. The zero-order valence-corrected chi connectivity index (χ0v) is 12.4. The molecule has 1 fully saturated rings. The van der Waals surface area contributed by atoms with E-state index in [1.54, 1.807) is 13.0 Å². The number of hydrogen-bond acceptors (Lipinski definition) is 3. The number of likely N-dealkylation sites (tertiary alicyclic amines) is 1. The van der Waals surface area contributed by atoms with Crippen molar-refractivity contribution in [3.8, 4) is 0 Å². The third kappa shape index (κ3) is 3.37. The maximum Gasteiger partial charge on any atom is 0.254 e. The Morgan fingerprint density at radius 3 is 2.25 bits per heavy atom. The van der Waals surface area contributed by atoms with Gasteiger partial charge in [-0.3, -0.25) is 4.79 Å². The first-order valence-electron chi connectivity index (χ1n) is 6.82. The molecule has 0 aromatic heterocycles. The molecule has 20 heavy (non-hydrogen) atoms. The maximum absolute atomic E-state index is 12.5. The molecule has 1 saturated heterocycles. The summed E-state index contributed by atoms with van der Waals surface area (Å²) in [7, 11) is -3.72. The van der Waals surface area contributed by atoms with E-state index in [4.69, 9.17) is 5.14 Å². The SMILES string of the molecule is Cc1cc(S(N)(=O)=O)ccc1C(=O)N1CCCCCC1. The normalized spacial score (nSPS) is 16.8. The van der Waals surface area contributed by atoms with Crippen LogP contribution in [0.1, 0.15) is 41.6 Å². The van der Waals surface area contributed by atoms with Gasteiger partial charge in [-0.1, -0.05) is 12.8 Å². The highest BCUT2D eigenvalue weighted by molar-refractivity contribution is 7.89. The van der Waals surface area contributed by atoms with Crippen LogP contribution in [0.25, 0.3) is 0 Å². The van der Waals surface area contributed by atoms with E-state index in [-0.39, 0.29) is 10.8 Å². The van der Waals surface area contributed by atoms with Crippen LogP contribution < -0.4 is 5.14 Å². The molecule has 0 atom stereocenters. The van der Waals surface area contributed by atoms with E-state index in [0.29, 0.717) is 11.1 Å². The Bertz CT molecular complexity index is 603. The number of primary sulfonamides is 1. The van der Waals surface area contributed by atoms with Gasteiger partial charge in [0.2, 0.25) is 10.0 Å². The molecule has 1 aliphatic rings. The summed E-state index contributed by atoms with van der Waals surface area (Å²) in [5.74, 6) is -0.0228. The van der Waals surface area contributed by atoms with E-state index < -0.39 is 10.0 Å². The molecule has 1 aromatic carbocycles. The van der Waals surface area contributed by atoms with Gasteiger partial charge in [-0.25, -0.2) is 13.6 Å². The second-order valence-corrected chi connectivity index (χ2v) is 6.79. The minimum Gasteiger partial charge on any atom is -0.339 e. The van der Waals surface area contributed by atoms with Gasteiger partial charge in [-0.2, -0.15) is 0 Å². The van der Waals surface area contributed by atoms with Crippen molar-refractivity contribution in [3.63, 3.8) is 0 Å². The summed E-state index contributed by atoms with van der Waals surface area (Å²) in [5.41, 5.74) is 1.20. The lowest BCUT2D eigenvalue weighted by molar-refractivity contribution is 0.0761. The van der Waals surface area contributed by atoms with E-state index in [9.17, 15) is 13.2 Å². The van der Waals surface area contributed by atoms with Crippen molar-refractivity contribution in [2.24, 2.45) is 5.14 Å². The van der Waals surface area contributed by atoms with E-state index >= 15 is 0 Å². The fraction of sp³-hybridized carbons (Fsp3) is 0.500. The monoisotopic (exact) mass is 296 g/mol. The summed E-state index contributed by atoms with van der Waals surface area (Å²) in [6.45, 7) is 3.28. The van der Waals surface area contributed by atoms with E-state index in [1.165, 1.54) is 12.1 Å². The van der Waals surface area contributed by atoms with Gasteiger partial charge >= 0.3 is 0 Å². The fourth-order valence-electron chi connectivity index (χ4n) is 2.50. The van der Waals surface area contributed by atoms with Gasteiger partial charge < -0.3 is 4.90 Å². The second kappa shape index (κ2) is 5.93. The van der Waals surface area contributed by atoms with Crippen molar-refractivity contribution < 1.29 is 13.2 Å². The molecule has 1 heterocycles. The molecule has 110 valence electrons. The number of carbonyl (C=O) groups is 1. The zero-order chi connectivity index (χ0) is 14.8. The van der Waals surface area contributed by atoms with Gasteiger partial charge in [0.15, 0.2) is 0 Å². The molecule has 0 saturated carbocycles. The van der Waals surface area contributed by atoms with Gasteiger partial charge in [-0.15, -0.1) is 0 Å². The van der Waals surface area contributed by atoms with E-state index in [0.717, 1.165) is 38.8 Å². The average Bonchev–Trinajstić information content (AvgIpc) is 2.65. The zero-order valence-electron chi connectivity index (χ0n) is 11.6. The van der Waals surface area contributed by atoms with Crippen LogP contribution in [-0.4, -0.2) is 32.3 Å². The summed E-state index contributed by atoms with van der Waals surface area (Å²) in [4.78, 5) is 14.4. The predicted molar refractivity (Wildman–Crippen MR) is 76.9 cm³/mol. The van der Waals surface area contributed by atoms with Crippen LogP contribution in [-0.2, 0) is 10.0 Å². The topological polar surface area (TPSA) is 80.5 Å². The van der Waals surface area contributed by atoms with Crippen LogP contribution in [0, 0.1) is 6.92 Å². The summed E-state index contributed by atoms with van der Waals surface area (Å²) in [6, 6.07) is 4.41. The van der Waals surface area contributed by atoms with Crippen molar-refractivity contribution in [2.45, 2.75) is 37.5 Å². The molecule has 0 spiro atoms. The smallest absolute Gasteiger partial charge is 0.254 e. The van der Waals surface area contributed by atoms with E-state index in [2.05, 4.69) is 0 Å². The molecule has 1 amide bonds. The molecule has 1 aliphatic heterocycles. The second-order valence-electron chi connectivity index (χ2n) is 5.23. The van der Waals surface area contributed by atoms with Gasteiger partial charge in [0, 0.05) is 18.7 Å². The lowest BCUT2D eigenvalue weighted by atomic mass is 10.1. The van der Waals surface area contributed by atoms with Crippen molar-refractivity contribution in [3.05, 3.63) is 29.3 Å². The standard InChI is InChI=1S/C14H20N2O3S/c1-11-10-12(20(15,18)19)6-7-13(11)14(17)16-8-4-2-3-5-9-16/h6-7,10H,2-5,8-9H2,1H3,(H2,15,18,19). The lowest BCUT2D eigenvalue weighted by Gasteiger charge is -2.21. The third-order valence-corrected chi connectivity index (χ3v) is 4.56. The van der Waals surface area contributed by atoms with Gasteiger partial charge in [0.05, 0.1) is 4.90 Å². The number of sulfonamides is 1. The van der Waals surface area contributed by atoms with Gasteiger partial charge in [0.25, 0.3) is 5.91 Å². The number of hydrogen-bond donors (Lipinski definition) is 1. The van der Waals surface area contributed by atoms with Crippen LogP contribution in [0.3, 0.4) is 0 Å². The molecule has 0 bridgehead atoms. The largest absolute Gasteiger partial charge is 0.339 e. The Kier molecular flexibility index (Phi) is 4.45. The quantitative estimate of drug-likeness (QED) is 0.901. The molecule has 0 aliphatic carbocycles. The highest BCUT2D eigenvalue weighted by Gasteiger charge is 2.20. The minimum absolute atomic E-state index is 0.0228. The molecular formula is C14H20N2O3S. The Labute approximate surface area is 119 Å². The predicted octanol–water partition coefficient (Wildman–Crippen LogP) is 1.66. The van der Waals surface area contributed by atoms with Crippen LogP contribution in [0.2, 0.25) is 0 Å². The Balaban J connectivity index is 2.26. The number of rotatable bonds is 2. The molecule has 5 nitrogen and oxygen atoms in total. The van der Waals surface area contributed by atoms with Gasteiger partial charge in [0.1, 0.15) is 0 Å². The summed E-state index contributed by atoms with van der Waals surface area (Å²) in [6.07, 6.45) is 4.38. The van der Waals surface area contributed by atoms with Crippen LogP contribution >= 0.6 is 0 Å².